The maximum atomic E-state index is 12.9. The Labute approximate surface area is 431 Å². The highest BCUT2D eigenvalue weighted by Crippen LogP contribution is 2.19. The minimum absolute atomic E-state index is 0.0613. The van der Waals surface area contributed by atoms with Crippen LogP contribution in [0.15, 0.2) is 0 Å². The van der Waals surface area contributed by atoms with Crippen LogP contribution in [0.3, 0.4) is 0 Å². The van der Waals surface area contributed by atoms with Crippen LogP contribution in [-0.4, -0.2) is 37.2 Å². The molecule has 6 nitrogen and oxygen atoms in total. The van der Waals surface area contributed by atoms with Gasteiger partial charge < -0.3 is 14.2 Å². The highest BCUT2D eigenvalue weighted by Gasteiger charge is 2.19. The van der Waals surface area contributed by atoms with Gasteiger partial charge in [-0.15, -0.1) is 0 Å². The summed E-state index contributed by atoms with van der Waals surface area (Å²) in [4.78, 5) is 38.3. The van der Waals surface area contributed by atoms with E-state index in [1.54, 1.807) is 0 Å². The quantitative estimate of drug-likeness (QED) is 0.0343. The Balaban J connectivity index is 4.28. The van der Waals surface area contributed by atoms with Crippen LogP contribution in [0.1, 0.15) is 362 Å². The third-order valence-corrected chi connectivity index (χ3v) is 14.9. The van der Waals surface area contributed by atoms with E-state index in [1.807, 2.05) is 0 Å². The van der Waals surface area contributed by atoms with E-state index in [9.17, 15) is 14.4 Å². The molecule has 0 saturated heterocycles. The normalized spacial score (nSPS) is 12.3. The van der Waals surface area contributed by atoms with Crippen molar-refractivity contribution < 1.29 is 28.6 Å². The maximum Gasteiger partial charge on any atom is 0.306 e. The molecule has 0 radical (unpaired) electrons. The van der Waals surface area contributed by atoms with Crippen molar-refractivity contribution in [2.24, 2.45) is 5.92 Å². The summed E-state index contributed by atoms with van der Waals surface area (Å²) in [6.07, 6.45) is 63.8. The van der Waals surface area contributed by atoms with Crippen molar-refractivity contribution in [3.8, 4) is 0 Å². The molecule has 0 rings (SSSR count). The number of unbranched alkanes of at least 4 members (excludes halogenated alkanes) is 44. The highest BCUT2D eigenvalue weighted by atomic mass is 16.6. The van der Waals surface area contributed by atoms with E-state index in [2.05, 4.69) is 27.7 Å². The molecule has 0 amide bonds. The van der Waals surface area contributed by atoms with Crippen molar-refractivity contribution in [3.05, 3.63) is 0 Å². The van der Waals surface area contributed by atoms with Crippen molar-refractivity contribution in [3.63, 3.8) is 0 Å². The van der Waals surface area contributed by atoms with E-state index < -0.39 is 6.10 Å². The van der Waals surface area contributed by atoms with Gasteiger partial charge in [-0.2, -0.15) is 0 Å². The molecule has 0 aromatic rings. The Morgan fingerprint density at radius 1 is 0.290 bits per heavy atom. The van der Waals surface area contributed by atoms with Gasteiger partial charge in [0.05, 0.1) is 0 Å². The van der Waals surface area contributed by atoms with E-state index in [1.165, 1.54) is 257 Å². The summed E-state index contributed by atoms with van der Waals surface area (Å²) < 4.78 is 16.9. The first-order chi connectivity index (χ1) is 33.9. The van der Waals surface area contributed by atoms with E-state index in [0.717, 1.165) is 63.7 Å². The number of carbonyl (C=O) groups is 3. The molecular formula is C63H122O6. The summed E-state index contributed by atoms with van der Waals surface area (Å²) in [6.45, 7) is 9.12. The van der Waals surface area contributed by atoms with E-state index >= 15 is 0 Å². The number of esters is 3. The maximum absolute atomic E-state index is 12.9. The molecular weight excluding hydrogens is 853 g/mol. The number of hydrogen-bond donors (Lipinski definition) is 0. The van der Waals surface area contributed by atoms with Crippen molar-refractivity contribution in [2.75, 3.05) is 13.2 Å². The van der Waals surface area contributed by atoms with E-state index in [-0.39, 0.29) is 31.1 Å². The van der Waals surface area contributed by atoms with Crippen molar-refractivity contribution in [2.45, 2.75) is 368 Å². The standard InChI is InChI=1S/C63H122O6/c1-5-8-10-12-14-16-18-20-22-23-24-25-26-32-36-40-44-48-52-56-63(66)69-60(57-67-61(64)54-50-46-42-38-34-30-21-19-17-15-13-11-9-6-2)58-68-62(65)55-51-47-43-39-35-31-28-27-29-33-37-41-45-49-53-59(4)7-3/h59-60H,5-58H2,1-4H3/t59?,60-/m0/s1. The molecule has 0 saturated carbocycles. The topological polar surface area (TPSA) is 78.9 Å². The number of ether oxygens (including phenoxy) is 3. The second-order valence-electron chi connectivity index (χ2n) is 21.9. The summed E-state index contributed by atoms with van der Waals surface area (Å²) >= 11 is 0. The van der Waals surface area contributed by atoms with Crippen molar-refractivity contribution in [1.82, 2.24) is 0 Å². The second-order valence-corrected chi connectivity index (χ2v) is 21.9. The zero-order valence-corrected chi connectivity index (χ0v) is 47.3. The Kier molecular flexibility index (Phi) is 56.0. The molecule has 0 heterocycles. The molecule has 6 heteroatoms. The summed E-state index contributed by atoms with van der Waals surface area (Å²) in [5, 5.41) is 0. The second kappa shape index (κ2) is 57.3. The Hall–Kier alpha value is -1.59. The first-order valence-electron chi connectivity index (χ1n) is 31.4. The van der Waals surface area contributed by atoms with Crippen LogP contribution >= 0.6 is 0 Å². The van der Waals surface area contributed by atoms with Crippen LogP contribution in [0.5, 0.6) is 0 Å². The molecule has 69 heavy (non-hydrogen) atoms. The number of rotatable bonds is 58. The van der Waals surface area contributed by atoms with Gasteiger partial charge in [-0.3, -0.25) is 14.4 Å². The van der Waals surface area contributed by atoms with Gasteiger partial charge in [-0.1, -0.05) is 323 Å². The SMILES string of the molecule is CCCCCCCCCCCCCCCCCCCCCC(=O)O[C@@H](COC(=O)CCCCCCCCCCCCCCCC)COC(=O)CCCCCCCCCCCCCCCCC(C)CC. The van der Waals surface area contributed by atoms with Crippen LogP contribution < -0.4 is 0 Å². The molecule has 410 valence electrons. The Morgan fingerprint density at radius 2 is 0.507 bits per heavy atom. The van der Waals surface area contributed by atoms with Gasteiger partial charge >= 0.3 is 17.9 Å². The lowest BCUT2D eigenvalue weighted by Crippen LogP contribution is -2.30. The average Bonchev–Trinajstić information content (AvgIpc) is 3.35. The summed E-state index contributed by atoms with van der Waals surface area (Å²) in [5.74, 6) is 0.0668. The fourth-order valence-corrected chi connectivity index (χ4v) is 9.78. The van der Waals surface area contributed by atoms with Crippen LogP contribution in [-0.2, 0) is 28.6 Å². The molecule has 0 aromatic heterocycles. The summed E-state index contributed by atoms with van der Waals surface area (Å²) in [5.41, 5.74) is 0. The van der Waals surface area contributed by atoms with E-state index in [0.29, 0.717) is 19.3 Å². The lowest BCUT2D eigenvalue weighted by molar-refractivity contribution is -0.167. The van der Waals surface area contributed by atoms with Crippen LogP contribution in [0, 0.1) is 5.92 Å². The Morgan fingerprint density at radius 3 is 0.754 bits per heavy atom. The monoisotopic (exact) mass is 975 g/mol. The van der Waals surface area contributed by atoms with Gasteiger partial charge in [0.15, 0.2) is 6.10 Å². The molecule has 0 aliphatic heterocycles. The lowest BCUT2D eigenvalue weighted by atomic mass is 9.99. The van der Waals surface area contributed by atoms with Crippen molar-refractivity contribution in [1.29, 1.82) is 0 Å². The van der Waals surface area contributed by atoms with E-state index in [4.69, 9.17) is 14.2 Å². The van der Waals surface area contributed by atoms with Gasteiger partial charge in [0, 0.05) is 19.3 Å². The Bertz CT molecular complexity index is 1040. The summed E-state index contributed by atoms with van der Waals surface area (Å²) in [7, 11) is 0. The lowest BCUT2D eigenvalue weighted by Gasteiger charge is -2.18. The van der Waals surface area contributed by atoms with Crippen LogP contribution in [0.4, 0.5) is 0 Å². The molecule has 0 bridgehead atoms. The largest absolute Gasteiger partial charge is 0.462 e. The van der Waals surface area contributed by atoms with Crippen LogP contribution in [0.2, 0.25) is 0 Å². The first-order valence-corrected chi connectivity index (χ1v) is 31.4. The number of carbonyl (C=O) groups excluding carboxylic acids is 3. The van der Waals surface area contributed by atoms with Gasteiger partial charge in [0.25, 0.3) is 0 Å². The third kappa shape index (κ3) is 55.6. The number of hydrogen-bond acceptors (Lipinski definition) is 6. The van der Waals surface area contributed by atoms with Gasteiger partial charge in [-0.05, 0) is 25.2 Å². The first kappa shape index (κ1) is 67.4. The molecule has 1 unspecified atom stereocenters. The van der Waals surface area contributed by atoms with Gasteiger partial charge in [0.2, 0.25) is 0 Å². The zero-order chi connectivity index (χ0) is 50.2. The minimum Gasteiger partial charge on any atom is -0.462 e. The molecule has 0 aliphatic carbocycles. The average molecular weight is 976 g/mol. The molecule has 2 atom stereocenters. The highest BCUT2D eigenvalue weighted by molar-refractivity contribution is 5.71. The van der Waals surface area contributed by atoms with Gasteiger partial charge in [-0.25, -0.2) is 0 Å². The molecule has 0 spiro atoms. The molecule has 0 N–H and O–H groups in total. The summed E-state index contributed by atoms with van der Waals surface area (Å²) in [6, 6.07) is 0. The fraction of sp³-hybridized carbons (Fsp3) is 0.952. The molecule has 0 fully saturated rings. The predicted molar refractivity (Wildman–Crippen MR) is 298 cm³/mol. The predicted octanol–water partition coefficient (Wildman–Crippen LogP) is 21.0. The third-order valence-electron chi connectivity index (χ3n) is 14.9. The molecule has 0 aliphatic rings. The van der Waals surface area contributed by atoms with Crippen LogP contribution in [0.25, 0.3) is 0 Å². The minimum atomic E-state index is -0.762. The zero-order valence-electron chi connectivity index (χ0n) is 47.3. The molecule has 0 aromatic carbocycles. The van der Waals surface area contributed by atoms with Crippen molar-refractivity contribution >= 4 is 17.9 Å². The van der Waals surface area contributed by atoms with Gasteiger partial charge in [0.1, 0.15) is 13.2 Å². The fourth-order valence-electron chi connectivity index (χ4n) is 9.78. The smallest absolute Gasteiger partial charge is 0.306 e.